The van der Waals surface area contributed by atoms with E-state index in [-0.39, 0.29) is 46.9 Å². The first-order valence-corrected chi connectivity index (χ1v) is 15.8. The summed E-state index contributed by atoms with van der Waals surface area (Å²) >= 11 is 2.08. The first-order chi connectivity index (χ1) is 21.7. The molecule has 4 aromatic rings. The summed E-state index contributed by atoms with van der Waals surface area (Å²) in [5.41, 5.74) is 2.61. The second kappa shape index (κ2) is 15.3. The zero-order chi connectivity index (χ0) is 32.5. The Morgan fingerprint density at radius 2 is 1.69 bits per heavy atom. The van der Waals surface area contributed by atoms with Crippen molar-refractivity contribution in [3.8, 4) is 11.4 Å². The first kappa shape index (κ1) is 33.2. The van der Waals surface area contributed by atoms with Crippen molar-refractivity contribution in [1.82, 2.24) is 20.1 Å². The highest BCUT2D eigenvalue weighted by Crippen LogP contribution is 2.35. The van der Waals surface area contributed by atoms with Crippen LogP contribution in [0.2, 0.25) is 0 Å². The predicted molar refractivity (Wildman–Crippen MR) is 171 cm³/mol. The number of rotatable bonds is 13. The molecule has 45 heavy (non-hydrogen) atoms. The molecular formula is C31H33N5O7S2. The number of carbonyl (C=O) groups is 4. The van der Waals surface area contributed by atoms with Gasteiger partial charge in [0.2, 0.25) is 5.91 Å². The Morgan fingerprint density at radius 1 is 0.956 bits per heavy atom. The molecule has 2 N–H and O–H groups in total. The summed E-state index contributed by atoms with van der Waals surface area (Å²) in [6.45, 7) is 7.26. The van der Waals surface area contributed by atoms with Gasteiger partial charge in [0.25, 0.3) is 5.91 Å². The van der Waals surface area contributed by atoms with Gasteiger partial charge in [-0.05, 0) is 63.1 Å². The summed E-state index contributed by atoms with van der Waals surface area (Å²) in [7, 11) is 1.50. The van der Waals surface area contributed by atoms with Crippen LogP contribution in [0, 0.1) is 13.8 Å². The number of methoxy groups -OCH3 is 1. The van der Waals surface area contributed by atoms with Gasteiger partial charge in [-0.15, -0.1) is 21.5 Å². The molecule has 0 radical (unpaired) electrons. The highest BCUT2D eigenvalue weighted by atomic mass is 32.2. The number of aromatic nitrogens is 3. The van der Waals surface area contributed by atoms with E-state index in [1.807, 2.05) is 31.2 Å². The standard InChI is InChI=1S/C31H33N5O7S2/c1-6-42-29(39)25-19(4)26(30(40)43-7-2)45-28(25)33-24(37)17-44-31-35-34-23(36(31)20-12-10-11-18(3)15-20)16-32-27(38)21-13-8-9-14-22(21)41-5/h8-15H,6-7,16-17H2,1-5H3,(H,32,38)(H,33,37). The molecular weight excluding hydrogens is 619 g/mol. The maximum Gasteiger partial charge on any atom is 0.348 e. The fraction of sp³-hybridized carbons (Fsp3) is 0.290. The second-order valence-electron chi connectivity index (χ2n) is 9.49. The summed E-state index contributed by atoms with van der Waals surface area (Å²) in [4.78, 5) is 51.5. The normalized spacial score (nSPS) is 10.7. The molecule has 0 bridgehead atoms. The van der Waals surface area contributed by atoms with E-state index in [2.05, 4.69) is 20.8 Å². The fourth-order valence-corrected chi connectivity index (χ4v) is 6.23. The fourth-order valence-electron chi connectivity index (χ4n) is 4.36. The predicted octanol–water partition coefficient (Wildman–Crippen LogP) is 4.97. The lowest BCUT2D eigenvalue weighted by molar-refractivity contribution is -0.113. The topological polar surface area (TPSA) is 151 Å². The van der Waals surface area contributed by atoms with E-state index in [0.717, 1.165) is 34.3 Å². The summed E-state index contributed by atoms with van der Waals surface area (Å²) in [5, 5.41) is 14.8. The largest absolute Gasteiger partial charge is 0.496 e. The molecule has 0 saturated heterocycles. The third-order valence-corrected chi connectivity index (χ3v) is 8.51. The number of nitrogens with one attached hydrogen (secondary N) is 2. The summed E-state index contributed by atoms with van der Waals surface area (Å²) in [6, 6.07) is 14.6. The molecule has 0 aliphatic carbocycles. The van der Waals surface area contributed by atoms with E-state index in [9.17, 15) is 19.2 Å². The Bertz CT molecular complexity index is 1720. The minimum Gasteiger partial charge on any atom is -0.496 e. The van der Waals surface area contributed by atoms with Crippen LogP contribution in [0.1, 0.15) is 61.2 Å². The van der Waals surface area contributed by atoms with Gasteiger partial charge in [-0.3, -0.25) is 14.2 Å². The van der Waals surface area contributed by atoms with Gasteiger partial charge in [0.1, 0.15) is 15.6 Å². The first-order valence-electron chi connectivity index (χ1n) is 14.0. The summed E-state index contributed by atoms with van der Waals surface area (Å²) in [6.07, 6.45) is 0. The molecule has 4 rings (SSSR count). The Morgan fingerprint density at radius 3 is 2.40 bits per heavy atom. The number of esters is 2. The van der Waals surface area contributed by atoms with Crippen LogP contribution in [-0.2, 0) is 20.8 Å². The summed E-state index contributed by atoms with van der Waals surface area (Å²) < 4.78 is 17.4. The van der Waals surface area contributed by atoms with Crippen LogP contribution in [-0.4, -0.2) is 64.6 Å². The Balaban J connectivity index is 1.55. The molecule has 2 aromatic carbocycles. The van der Waals surface area contributed by atoms with Crippen LogP contribution in [0.4, 0.5) is 5.00 Å². The minimum absolute atomic E-state index is 0.0542. The molecule has 12 nitrogen and oxygen atoms in total. The van der Waals surface area contributed by atoms with Crippen LogP contribution < -0.4 is 15.4 Å². The SMILES string of the molecule is CCOC(=O)c1sc(NC(=O)CSc2nnc(CNC(=O)c3ccccc3OC)n2-c2cccc(C)c2)c(C(=O)OCC)c1C. The molecule has 2 amide bonds. The number of carbonyl (C=O) groups excluding carboxylic acids is 4. The molecule has 2 heterocycles. The number of aryl methyl sites for hydroxylation is 1. The zero-order valence-corrected chi connectivity index (χ0v) is 27.1. The van der Waals surface area contributed by atoms with Gasteiger partial charge in [-0.1, -0.05) is 36.0 Å². The van der Waals surface area contributed by atoms with Gasteiger partial charge in [-0.25, -0.2) is 9.59 Å². The molecule has 14 heteroatoms. The van der Waals surface area contributed by atoms with Gasteiger partial charge in [-0.2, -0.15) is 0 Å². The van der Waals surface area contributed by atoms with Crippen LogP contribution in [0.25, 0.3) is 5.69 Å². The molecule has 0 unspecified atom stereocenters. The highest BCUT2D eigenvalue weighted by Gasteiger charge is 2.27. The Hall–Kier alpha value is -4.69. The van der Waals surface area contributed by atoms with E-state index in [1.54, 1.807) is 49.6 Å². The molecule has 0 fully saturated rings. The lowest BCUT2D eigenvalue weighted by atomic mass is 10.1. The molecule has 0 saturated carbocycles. The number of nitrogens with zero attached hydrogens (tertiary/aromatic N) is 3. The van der Waals surface area contributed by atoms with Gasteiger partial charge in [0, 0.05) is 5.69 Å². The lowest BCUT2D eigenvalue weighted by Gasteiger charge is -2.12. The molecule has 0 spiro atoms. The van der Waals surface area contributed by atoms with Crippen molar-refractivity contribution in [3.63, 3.8) is 0 Å². The van der Waals surface area contributed by atoms with Gasteiger partial charge in [0.05, 0.1) is 43.7 Å². The number of amides is 2. The van der Waals surface area contributed by atoms with Gasteiger partial charge < -0.3 is 24.8 Å². The van der Waals surface area contributed by atoms with Crippen molar-refractivity contribution in [2.45, 2.75) is 39.4 Å². The molecule has 2 aromatic heterocycles. The smallest absolute Gasteiger partial charge is 0.348 e. The minimum atomic E-state index is -0.649. The Labute approximate surface area is 268 Å². The van der Waals surface area contributed by atoms with Crippen LogP contribution in [0.15, 0.2) is 53.7 Å². The van der Waals surface area contributed by atoms with Crippen LogP contribution >= 0.6 is 23.1 Å². The average molecular weight is 652 g/mol. The van der Waals surface area contributed by atoms with Crippen LogP contribution in [0.5, 0.6) is 5.75 Å². The third kappa shape index (κ3) is 7.88. The number of ether oxygens (including phenoxy) is 3. The molecule has 236 valence electrons. The van der Waals surface area contributed by atoms with Crippen molar-refractivity contribution in [1.29, 1.82) is 0 Å². The van der Waals surface area contributed by atoms with E-state index in [4.69, 9.17) is 14.2 Å². The Kier molecular flexibility index (Phi) is 11.3. The number of anilines is 1. The average Bonchev–Trinajstić information content (AvgIpc) is 3.59. The van der Waals surface area contributed by atoms with E-state index >= 15 is 0 Å². The maximum absolute atomic E-state index is 13.2. The number of para-hydroxylation sites is 1. The number of thioether (sulfide) groups is 1. The highest BCUT2D eigenvalue weighted by molar-refractivity contribution is 7.99. The monoisotopic (exact) mass is 651 g/mol. The van der Waals surface area contributed by atoms with Crippen molar-refractivity contribution in [2.24, 2.45) is 0 Å². The molecule has 0 atom stereocenters. The van der Waals surface area contributed by atoms with E-state index in [1.165, 1.54) is 7.11 Å². The van der Waals surface area contributed by atoms with Crippen molar-refractivity contribution in [2.75, 3.05) is 31.4 Å². The van der Waals surface area contributed by atoms with Gasteiger partial charge in [0.15, 0.2) is 11.0 Å². The molecule has 0 aliphatic heterocycles. The number of hydrogen-bond acceptors (Lipinski definition) is 11. The third-order valence-electron chi connectivity index (χ3n) is 6.39. The van der Waals surface area contributed by atoms with Crippen LogP contribution in [0.3, 0.4) is 0 Å². The van der Waals surface area contributed by atoms with Crippen molar-refractivity contribution in [3.05, 3.63) is 81.5 Å². The summed E-state index contributed by atoms with van der Waals surface area (Å²) in [5.74, 6) is -1.22. The number of thiophene rings is 1. The zero-order valence-electron chi connectivity index (χ0n) is 25.5. The van der Waals surface area contributed by atoms with E-state index < -0.39 is 17.8 Å². The van der Waals surface area contributed by atoms with Gasteiger partial charge >= 0.3 is 11.9 Å². The second-order valence-corrected chi connectivity index (χ2v) is 11.5. The lowest BCUT2D eigenvalue weighted by Crippen LogP contribution is -2.25. The number of benzene rings is 2. The number of hydrogen-bond donors (Lipinski definition) is 2. The maximum atomic E-state index is 13.2. The van der Waals surface area contributed by atoms with Crippen molar-refractivity contribution < 1.29 is 33.4 Å². The quantitative estimate of drug-likeness (QED) is 0.150. The van der Waals surface area contributed by atoms with Crippen molar-refractivity contribution >= 4 is 51.9 Å². The van der Waals surface area contributed by atoms with E-state index in [0.29, 0.717) is 27.9 Å². The molecule has 0 aliphatic rings.